The highest BCUT2D eigenvalue weighted by molar-refractivity contribution is 5.74. The fraction of sp³-hybridized carbons (Fsp3) is 0.909. The van der Waals surface area contributed by atoms with E-state index in [1.54, 1.807) is 0 Å². The van der Waals surface area contributed by atoms with Gasteiger partial charge in [-0.1, -0.05) is 12.8 Å². The number of nitrogens with two attached hydrogens (primary N) is 1. The summed E-state index contributed by atoms with van der Waals surface area (Å²) in [5.41, 5.74) is 5.76. The number of carbonyl (C=O) groups is 1. The molecule has 0 spiro atoms. The van der Waals surface area contributed by atoms with Crippen molar-refractivity contribution in [2.24, 2.45) is 5.73 Å². The van der Waals surface area contributed by atoms with E-state index in [1.165, 1.54) is 12.8 Å². The highest BCUT2D eigenvalue weighted by Crippen LogP contribution is 2.26. The van der Waals surface area contributed by atoms with Gasteiger partial charge in [-0.05, 0) is 33.6 Å². The van der Waals surface area contributed by atoms with Gasteiger partial charge in [0.25, 0.3) is 0 Å². The lowest BCUT2D eigenvalue weighted by atomic mass is 9.99. The second-order valence-corrected chi connectivity index (χ2v) is 5.63. The van der Waals surface area contributed by atoms with Crippen LogP contribution in [0.15, 0.2) is 0 Å². The predicted molar refractivity (Wildman–Crippen MR) is 61.7 cm³/mol. The van der Waals surface area contributed by atoms with Crippen LogP contribution in [0.5, 0.6) is 0 Å². The van der Waals surface area contributed by atoms with Gasteiger partial charge in [-0.25, -0.2) is 4.79 Å². The molecule has 1 rings (SSSR count). The van der Waals surface area contributed by atoms with Gasteiger partial charge >= 0.3 is 6.03 Å². The van der Waals surface area contributed by atoms with Crippen molar-refractivity contribution in [2.75, 3.05) is 6.54 Å². The molecule has 88 valence electrons. The zero-order valence-electron chi connectivity index (χ0n) is 10.0. The molecule has 0 aromatic carbocycles. The number of urea groups is 1. The molecular formula is C11H23N3O. The molecule has 4 nitrogen and oxygen atoms in total. The Morgan fingerprint density at radius 2 is 1.87 bits per heavy atom. The molecule has 4 N–H and O–H groups in total. The number of hydrogen-bond acceptors (Lipinski definition) is 2. The van der Waals surface area contributed by atoms with E-state index in [2.05, 4.69) is 10.6 Å². The molecule has 1 aliphatic rings. The third-order valence-electron chi connectivity index (χ3n) is 2.69. The smallest absolute Gasteiger partial charge is 0.315 e. The van der Waals surface area contributed by atoms with Crippen molar-refractivity contribution in [3.63, 3.8) is 0 Å². The first-order valence-electron chi connectivity index (χ1n) is 5.66. The maximum absolute atomic E-state index is 11.5. The van der Waals surface area contributed by atoms with Gasteiger partial charge in [0.2, 0.25) is 0 Å². The minimum absolute atomic E-state index is 0.126. The third-order valence-corrected chi connectivity index (χ3v) is 2.69. The number of rotatable bonds is 2. The van der Waals surface area contributed by atoms with E-state index in [0.29, 0.717) is 6.54 Å². The van der Waals surface area contributed by atoms with Gasteiger partial charge in [-0.2, -0.15) is 0 Å². The number of hydrogen-bond donors (Lipinski definition) is 3. The van der Waals surface area contributed by atoms with Gasteiger partial charge in [0, 0.05) is 17.6 Å². The summed E-state index contributed by atoms with van der Waals surface area (Å²) in [7, 11) is 0. The van der Waals surface area contributed by atoms with Crippen molar-refractivity contribution in [1.29, 1.82) is 0 Å². The Kier molecular flexibility index (Phi) is 3.60. The van der Waals surface area contributed by atoms with Crippen LogP contribution in [0.25, 0.3) is 0 Å². The number of nitrogens with one attached hydrogen (secondary N) is 2. The van der Waals surface area contributed by atoms with Gasteiger partial charge in [-0.15, -0.1) is 0 Å². The van der Waals surface area contributed by atoms with Crippen LogP contribution < -0.4 is 16.4 Å². The molecular weight excluding hydrogens is 190 g/mol. The number of carbonyl (C=O) groups excluding carboxylic acids is 1. The minimum Gasteiger partial charge on any atom is -0.336 e. The second-order valence-electron chi connectivity index (χ2n) is 5.63. The molecule has 0 radical (unpaired) electrons. The van der Waals surface area contributed by atoms with Crippen molar-refractivity contribution >= 4 is 6.03 Å². The summed E-state index contributed by atoms with van der Waals surface area (Å²) < 4.78 is 0. The first kappa shape index (κ1) is 12.3. The van der Waals surface area contributed by atoms with E-state index in [0.717, 1.165) is 12.8 Å². The first-order chi connectivity index (χ1) is 6.81. The second kappa shape index (κ2) is 4.39. The van der Waals surface area contributed by atoms with E-state index in [9.17, 15) is 4.79 Å². The molecule has 0 aromatic rings. The lowest BCUT2D eigenvalue weighted by molar-refractivity contribution is 0.228. The van der Waals surface area contributed by atoms with Crippen molar-refractivity contribution in [3.05, 3.63) is 0 Å². The SMILES string of the molecule is CC(C)(C)NC(=O)NCC1(N)CCCC1. The van der Waals surface area contributed by atoms with Crippen LogP contribution in [-0.2, 0) is 0 Å². The van der Waals surface area contributed by atoms with E-state index >= 15 is 0 Å². The van der Waals surface area contributed by atoms with Gasteiger partial charge in [0.15, 0.2) is 0 Å². The van der Waals surface area contributed by atoms with Crippen LogP contribution in [0.2, 0.25) is 0 Å². The van der Waals surface area contributed by atoms with Crippen LogP contribution in [0, 0.1) is 0 Å². The van der Waals surface area contributed by atoms with Gasteiger partial charge in [0.05, 0.1) is 0 Å². The lowest BCUT2D eigenvalue weighted by Crippen LogP contribution is -2.53. The van der Waals surface area contributed by atoms with Gasteiger partial charge < -0.3 is 16.4 Å². The molecule has 4 heteroatoms. The molecule has 1 aliphatic carbocycles. The van der Waals surface area contributed by atoms with Gasteiger partial charge in [-0.3, -0.25) is 0 Å². The van der Waals surface area contributed by atoms with E-state index in [-0.39, 0.29) is 17.1 Å². The van der Waals surface area contributed by atoms with Crippen LogP contribution >= 0.6 is 0 Å². The van der Waals surface area contributed by atoms with Crippen molar-refractivity contribution in [2.45, 2.75) is 57.5 Å². The molecule has 0 heterocycles. The Morgan fingerprint density at radius 3 is 2.33 bits per heavy atom. The Balaban J connectivity index is 2.28. The third kappa shape index (κ3) is 4.51. The summed E-state index contributed by atoms with van der Waals surface area (Å²) in [6.07, 6.45) is 4.39. The van der Waals surface area contributed by atoms with E-state index in [4.69, 9.17) is 5.73 Å². The zero-order chi connectivity index (χ0) is 11.5. The Labute approximate surface area is 92.0 Å². The highest BCUT2D eigenvalue weighted by Gasteiger charge is 2.29. The summed E-state index contributed by atoms with van der Waals surface area (Å²) in [5, 5.41) is 5.70. The topological polar surface area (TPSA) is 67.2 Å². The normalized spacial score (nSPS) is 20.0. The summed E-state index contributed by atoms with van der Waals surface area (Å²) in [6, 6.07) is -0.126. The maximum atomic E-state index is 11.5. The Morgan fingerprint density at radius 1 is 1.33 bits per heavy atom. The quantitative estimate of drug-likeness (QED) is 0.648. The standard InChI is InChI=1S/C11H23N3O/c1-10(2,3)14-9(15)13-8-11(12)6-4-5-7-11/h4-8,12H2,1-3H3,(H2,13,14,15). The van der Waals surface area contributed by atoms with Crippen LogP contribution in [0.4, 0.5) is 4.79 Å². The maximum Gasteiger partial charge on any atom is 0.315 e. The monoisotopic (exact) mass is 213 g/mol. The number of amides is 2. The molecule has 15 heavy (non-hydrogen) atoms. The molecule has 1 fully saturated rings. The fourth-order valence-electron chi connectivity index (χ4n) is 1.90. The lowest BCUT2D eigenvalue weighted by Gasteiger charge is -2.26. The molecule has 0 aromatic heterocycles. The van der Waals surface area contributed by atoms with Crippen LogP contribution in [-0.4, -0.2) is 23.7 Å². The van der Waals surface area contributed by atoms with Gasteiger partial charge in [0.1, 0.15) is 0 Å². The average molecular weight is 213 g/mol. The molecule has 0 bridgehead atoms. The van der Waals surface area contributed by atoms with Crippen LogP contribution in [0.1, 0.15) is 46.5 Å². The van der Waals surface area contributed by atoms with E-state index < -0.39 is 0 Å². The summed E-state index contributed by atoms with van der Waals surface area (Å²) in [6.45, 7) is 6.45. The molecule has 0 saturated heterocycles. The van der Waals surface area contributed by atoms with Crippen molar-refractivity contribution < 1.29 is 4.79 Å². The summed E-state index contributed by atoms with van der Waals surface area (Å²) in [5.74, 6) is 0. The molecule has 1 saturated carbocycles. The van der Waals surface area contributed by atoms with Crippen molar-refractivity contribution in [1.82, 2.24) is 10.6 Å². The molecule has 2 amide bonds. The first-order valence-corrected chi connectivity index (χ1v) is 5.66. The molecule has 0 atom stereocenters. The Bertz CT molecular complexity index is 226. The zero-order valence-corrected chi connectivity index (χ0v) is 10.0. The largest absolute Gasteiger partial charge is 0.336 e. The van der Waals surface area contributed by atoms with E-state index in [1.807, 2.05) is 20.8 Å². The summed E-state index contributed by atoms with van der Waals surface area (Å²) in [4.78, 5) is 11.5. The molecule has 0 aliphatic heterocycles. The van der Waals surface area contributed by atoms with Crippen molar-refractivity contribution in [3.8, 4) is 0 Å². The molecule has 0 unspecified atom stereocenters. The predicted octanol–water partition coefficient (Wildman–Crippen LogP) is 1.36. The van der Waals surface area contributed by atoms with Crippen LogP contribution in [0.3, 0.4) is 0 Å². The minimum atomic E-state index is -0.193. The highest BCUT2D eigenvalue weighted by atomic mass is 16.2. The fourth-order valence-corrected chi connectivity index (χ4v) is 1.90. The Hall–Kier alpha value is -0.770. The summed E-state index contributed by atoms with van der Waals surface area (Å²) >= 11 is 0. The average Bonchev–Trinajstić information content (AvgIpc) is 2.47.